The number of halogens is 2. The number of aromatic nitrogens is 6. The molecular weight excluding hydrogens is 455 g/mol. The number of hydrogen-bond donors (Lipinski definition) is 0. The lowest BCUT2D eigenvalue weighted by Crippen LogP contribution is -2.20. The van der Waals surface area contributed by atoms with Gasteiger partial charge in [0.05, 0.1) is 29.7 Å². The molecule has 2 fully saturated rings. The van der Waals surface area contributed by atoms with Crippen LogP contribution in [0.4, 0.5) is 4.39 Å². The fraction of sp³-hybridized carbons (Fsp3) is 0.400. The lowest BCUT2D eigenvalue weighted by molar-refractivity contribution is 0.00396. The highest BCUT2D eigenvalue weighted by Crippen LogP contribution is 2.40. The molecule has 1 saturated carbocycles. The van der Waals surface area contributed by atoms with Crippen molar-refractivity contribution in [3.63, 3.8) is 0 Å². The molecule has 0 N–H and O–H groups in total. The number of ether oxygens (including phenoxy) is 1. The average Bonchev–Trinajstić information content (AvgIpc) is 3.62. The maximum Gasteiger partial charge on any atom is 0.182 e. The van der Waals surface area contributed by atoms with Gasteiger partial charge < -0.3 is 4.74 Å². The highest BCUT2D eigenvalue weighted by atomic mass is 35.5. The molecule has 6 rings (SSSR count). The summed E-state index contributed by atoms with van der Waals surface area (Å²) in [6.07, 6.45) is 6.81. The summed E-state index contributed by atoms with van der Waals surface area (Å²) in [5.41, 5.74) is -0.659. The maximum absolute atomic E-state index is 15.2. The molecule has 0 amide bonds. The Morgan fingerprint density at radius 3 is 2.76 bits per heavy atom. The predicted molar refractivity (Wildman–Crippen MR) is 126 cm³/mol. The first-order valence-electron chi connectivity index (χ1n) is 14.1. The Morgan fingerprint density at radius 2 is 1.97 bits per heavy atom. The lowest BCUT2D eigenvalue weighted by atomic mass is 9.92. The van der Waals surface area contributed by atoms with Crippen LogP contribution in [0.1, 0.15) is 74.7 Å². The first kappa shape index (κ1) is 15.8. The molecule has 1 aliphatic heterocycles. The first-order valence-corrected chi connectivity index (χ1v) is 11.5. The van der Waals surface area contributed by atoms with Crippen LogP contribution in [-0.2, 0) is 4.74 Å². The van der Waals surface area contributed by atoms with E-state index in [1.165, 1.54) is 12.1 Å². The van der Waals surface area contributed by atoms with Gasteiger partial charge in [-0.3, -0.25) is 4.68 Å². The van der Waals surface area contributed by atoms with Crippen LogP contribution in [0, 0.1) is 19.5 Å². The topological polar surface area (TPSA) is 78.6 Å². The summed E-state index contributed by atoms with van der Waals surface area (Å²) in [4.78, 5) is 17.6. The van der Waals surface area contributed by atoms with Gasteiger partial charge in [0.2, 0.25) is 0 Å². The van der Waals surface area contributed by atoms with Gasteiger partial charge in [-0.2, -0.15) is 5.10 Å². The van der Waals surface area contributed by atoms with E-state index in [0.29, 0.717) is 31.3 Å². The largest absolute Gasteiger partial charge is 0.373 e. The summed E-state index contributed by atoms with van der Waals surface area (Å²) in [5, 5.41) is 4.62. The van der Waals surface area contributed by atoms with Gasteiger partial charge in [0.15, 0.2) is 5.65 Å². The van der Waals surface area contributed by atoms with Gasteiger partial charge >= 0.3 is 0 Å². The quantitative estimate of drug-likeness (QED) is 0.371. The number of fused-ring (bicyclic) bond motifs is 1. The second kappa shape index (κ2) is 8.36. The van der Waals surface area contributed by atoms with Crippen molar-refractivity contribution in [3.05, 3.63) is 64.2 Å². The van der Waals surface area contributed by atoms with Crippen molar-refractivity contribution in [2.75, 3.05) is 6.61 Å². The minimum Gasteiger partial charge on any atom is -0.373 e. The van der Waals surface area contributed by atoms with Crippen molar-refractivity contribution < 1.29 is 17.4 Å². The van der Waals surface area contributed by atoms with Gasteiger partial charge in [-0.05, 0) is 57.6 Å². The molecule has 0 bridgehead atoms. The van der Waals surface area contributed by atoms with Crippen LogP contribution in [0.3, 0.4) is 0 Å². The van der Waals surface area contributed by atoms with Crippen LogP contribution in [-0.4, -0.2) is 36.3 Å². The average molecular weight is 485 g/mol. The van der Waals surface area contributed by atoms with Crippen LogP contribution in [0.15, 0.2) is 30.6 Å². The molecule has 1 aliphatic carbocycles. The summed E-state index contributed by atoms with van der Waals surface area (Å²) in [5.74, 6) is -0.623. The molecule has 3 aromatic heterocycles. The van der Waals surface area contributed by atoms with E-state index < -0.39 is 30.9 Å². The summed E-state index contributed by atoms with van der Waals surface area (Å²) in [6, 6.07) is 4.43. The number of hydrogen-bond acceptors (Lipinski definition) is 6. The van der Waals surface area contributed by atoms with Crippen molar-refractivity contribution in [2.45, 2.75) is 57.5 Å². The van der Waals surface area contributed by atoms with E-state index in [9.17, 15) is 0 Å². The van der Waals surface area contributed by atoms with Gasteiger partial charge in [-0.1, -0.05) is 11.6 Å². The Balaban J connectivity index is 1.49. The first-order chi connectivity index (χ1) is 18.9. The molecule has 1 aromatic carbocycles. The second-order valence-electron chi connectivity index (χ2n) is 8.71. The molecule has 2 atom stereocenters. The van der Waals surface area contributed by atoms with Crippen molar-refractivity contribution >= 4 is 22.8 Å². The fourth-order valence-electron chi connectivity index (χ4n) is 4.34. The highest BCUT2D eigenvalue weighted by Gasteiger charge is 2.31. The lowest BCUT2D eigenvalue weighted by Gasteiger charge is -2.28. The van der Waals surface area contributed by atoms with Gasteiger partial charge in [0, 0.05) is 43.1 Å². The molecule has 34 heavy (non-hydrogen) atoms. The molecule has 4 aromatic rings. The summed E-state index contributed by atoms with van der Waals surface area (Å²) in [7, 11) is 0. The molecule has 9 heteroatoms. The van der Waals surface area contributed by atoms with Crippen molar-refractivity contribution in [1.29, 1.82) is 0 Å². The SMILES string of the molecule is [2H]C([2H])([2H])c1nc2nc([C@H]3CCO[C@H](c4cnn(C5CC5)c4)C3)nc(-c3ccc(Cl)cc3F)c2nc1C([2H])([2H])[2H]. The molecule has 0 unspecified atom stereocenters. The molecule has 4 heterocycles. The van der Waals surface area contributed by atoms with Gasteiger partial charge in [-0.25, -0.2) is 24.3 Å². The van der Waals surface area contributed by atoms with E-state index in [1.54, 1.807) is 6.20 Å². The van der Waals surface area contributed by atoms with Crippen LogP contribution < -0.4 is 0 Å². The smallest absolute Gasteiger partial charge is 0.182 e. The third kappa shape index (κ3) is 3.95. The van der Waals surface area contributed by atoms with E-state index in [1.807, 2.05) is 10.9 Å². The zero-order valence-electron chi connectivity index (χ0n) is 24.0. The molecule has 174 valence electrons. The van der Waals surface area contributed by atoms with E-state index >= 15 is 4.39 Å². The zero-order chi connectivity index (χ0) is 28.4. The Labute approximate surface area is 209 Å². The number of rotatable bonds is 4. The monoisotopic (exact) mass is 484 g/mol. The van der Waals surface area contributed by atoms with Crippen LogP contribution in [0.25, 0.3) is 22.4 Å². The van der Waals surface area contributed by atoms with Crippen LogP contribution in [0.2, 0.25) is 5.02 Å². The maximum atomic E-state index is 15.2. The number of nitrogens with zero attached hydrogens (tertiary/aromatic N) is 6. The third-order valence-corrected chi connectivity index (χ3v) is 6.53. The highest BCUT2D eigenvalue weighted by molar-refractivity contribution is 6.30. The normalized spacial score (nSPS) is 24.1. The number of benzene rings is 1. The minimum atomic E-state index is -2.89. The fourth-order valence-corrected chi connectivity index (χ4v) is 4.50. The molecule has 0 spiro atoms. The molecule has 0 radical (unpaired) electrons. The molecule has 7 nitrogen and oxygen atoms in total. The number of aryl methyl sites for hydroxylation is 2. The Hall–Kier alpha value is -2.97. The Bertz CT molecular complexity index is 1610. The summed E-state index contributed by atoms with van der Waals surface area (Å²) in [6.45, 7) is -5.34. The minimum absolute atomic E-state index is 0.00820. The van der Waals surface area contributed by atoms with Crippen molar-refractivity contribution in [2.24, 2.45) is 0 Å². The molecule has 1 saturated heterocycles. The van der Waals surface area contributed by atoms with E-state index in [2.05, 4.69) is 25.0 Å². The van der Waals surface area contributed by atoms with E-state index in [0.717, 1.165) is 24.5 Å². The third-order valence-electron chi connectivity index (χ3n) is 6.30. The van der Waals surface area contributed by atoms with E-state index in [-0.39, 0.29) is 39.5 Å². The van der Waals surface area contributed by atoms with Crippen molar-refractivity contribution in [3.8, 4) is 11.3 Å². The van der Waals surface area contributed by atoms with Crippen LogP contribution >= 0.6 is 11.6 Å². The molecular formula is C25H24ClFN6O. The molecule has 2 aliphatic rings. The van der Waals surface area contributed by atoms with Crippen LogP contribution in [0.5, 0.6) is 0 Å². The zero-order valence-corrected chi connectivity index (χ0v) is 18.8. The summed E-state index contributed by atoms with van der Waals surface area (Å²) < 4.78 is 70.5. The van der Waals surface area contributed by atoms with Gasteiger partial charge in [0.1, 0.15) is 22.9 Å². The summed E-state index contributed by atoms with van der Waals surface area (Å²) >= 11 is 5.97. The predicted octanol–water partition coefficient (Wildman–Crippen LogP) is 5.66. The second-order valence-corrected chi connectivity index (χ2v) is 9.15. The Morgan fingerprint density at radius 1 is 1.12 bits per heavy atom. The Kier molecular flexibility index (Phi) is 3.89. The standard InChI is InChI=1S/C25H24ClFN6O/c1-13-14(2)30-25-23(29-13)22(19-6-3-17(26)10-20(19)27)31-24(32-25)15-7-8-34-21(9-15)16-11-28-33(12-16)18-4-5-18/h3,6,10-12,15,18,21H,4-5,7-9H2,1-2H3/t15-,21-/m0/s1/i1D3,2D3. The van der Waals surface area contributed by atoms with Gasteiger partial charge in [-0.15, -0.1) is 0 Å². The van der Waals surface area contributed by atoms with Crippen molar-refractivity contribution in [1.82, 2.24) is 29.7 Å². The van der Waals surface area contributed by atoms with Gasteiger partial charge in [0.25, 0.3) is 0 Å². The van der Waals surface area contributed by atoms with E-state index in [4.69, 9.17) is 24.6 Å².